The van der Waals surface area contributed by atoms with E-state index in [-0.39, 0.29) is 0 Å². The fraction of sp³-hybridized carbons (Fsp3) is 0.556. The van der Waals surface area contributed by atoms with Crippen LogP contribution >= 0.6 is 11.6 Å². The Bertz CT molecular complexity index is 317. The molecule has 0 saturated carbocycles. The maximum Gasteiger partial charge on any atom is 0.171 e. The second-order valence-electron chi connectivity index (χ2n) is 3.47. The summed E-state index contributed by atoms with van der Waals surface area (Å²) in [5, 5.41) is 3.86. The average Bonchev–Trinajstić information content (AvgIpc) is 2.18. The summed E-state index contributed by atoms with van der Waals surface area (Å²) in [5.74, 6) is 0.794. The first-order valence-electron chi connectivity index (χ1n) is 4.72. The monoisotopic (exact) mass is 212 g/mol. The van der Waals surface area contributed by atoms with Crippen LogP contribution in [-0.2, 0) is 0 Å². The molecule has 76 valence electrons. The summed E-state index contributed by atoms with van der Waals surface area (Å²) in [5.41, 5.74) is 0. The van der Waals surface area contributed by atoms with Crippen LogP contribution in [0.4, 0.5) is 5.82 Å². The highest BCUT2D eigenvalue weighted by Gasteiger charge is 2.18. The normalized spacial score (nSPS) is 22.4. The third-order valence-electron chi connectivity index (χ3n) is 2.30. The van der Waals surface area contributed by atoms with Crippen LogP contribution in [0.25, 0.3) is 0 Å². The van der Waals surface area contributed by atoms with Gasteiger partial charge in [0, 0.05) is 38.1 Å². The Kier molecular flexibility index (Phi) is 2.84. The van der Waals surface area contributed by atoms with Crippen LogP contribution in [-0.4, -0.2) is 35.6 Å². The molecule has 14 heavy (non-hydrogen) atoms. The van der Waals surface area contributed by atoms with E-state index in [1.54, 1.807) is 12.4 Å². The minimum absolute atomic E-state index is 0.474. The lowest BCUT2D eigenvalue weighted by Gasteiger charge is -2.32. The zero-order valence-electron chi connectivity index (χ0n) is 8.07. The van der Waals surface area contributed by atoms with E-state index in [4.69, 9.17) is 11.6 Å². The lowest BCUT2D eigenvalue weighted by atomic mass is 10.2. The number of hydrogen-bond donors (Lipinski definition) is 1. The maximum atomic E-state index is 5.97. The molecule has 1 atom stereocenters. The topological polar surface area (TPSA) is 41.1 Å². The molecule has 2 rings (SSSR count). The number of nitrogens with one attached hydrogen (secondary N) is 1. The van der Waals surface area contributed by atoms with Gasteiger partial charge in [0.15, 0.2) is 11.0 Å². The molecular formula is C9H13ClN4. The van der Waals surface area contributed by atoms with E-state index in [2.05, 4.69) is 27.1 Å². The third kappa shape index (κ3) is 1.96. The molecule has 1 N–H and O–H groups in total. The largest absolute Gasteiger partial charge is 0.351 e. The molecule has 0 spiro atoms. The lowest BCUT2D eigenvalue weighted by molar-refractivity contribution is 0.482. The fourth-order valence-electron chi connectivity index (χ4n) is 1.65. The third-order valence-corrected chi connectivity index (χ3v) is 2.57. The number of nitrogens with zero attached hydrogens (tertiary/aromatic N) is 3. The van der Waals surface area contributed by atoms with Crippen LogP contribution in [0.5, 0.6) is 0 Å². The standard InChI is InChI=1S/C9H13ClN4/c1-7-6-14(5-4-11-7)9-8(10)12-2-3-13-9/h2-3,7,11H,4-6H2,1H3/t7-/m0/s1. The van der Waals surface area contributed by atoms with Crippen LogP contribution < -0.4 is 10.2 Å². The van der Waals surface area contributed by atoms with Gasteiger partial charge in [-0.25, -0.2) is 9.97 Å². The van der Waals surface area contributed by atoms with Crippen molar-refractivity contribution in [3.8, 4) is 0 Å². The minimum atomic E-state index is 0.474. The van der Waals surface area contributed by atoms with Crippen molar-refractivity contribution in [2.24, 2.45) is 0 Å². The second-order valence-corrected chi connectivity index (χ2v) is 3.83. The molecule has 0 aromatic carbocycles. The van der Waals surface area contributed by atoms with Gasteiger partial charge in [-0.05, 0) is 6.92 Å². The van der Waals surface area contributed by atoms with Gasteiger partial charge in [0.1, 0.15) is 0 Å². The highest BCUT2D eigenvalue weighted by Crippen LogP contribution is 2.20. The van der Waals surface area contributed by atoms with Crippen LogP contribution in [0.15, 0.2) is 12.4 Å². The molecule has 0 aliphatic carbocycles. The molecule has 0 unspecified atom stereocenters. The Hall–Kier alpha value is -0.870. The number of halogens is 1. The molecule has 1 saturated heterocycles. The van der Waals surface area contributed by atoms with E-state index in [1.807, 2.05) is 0 Å². The Labute approximate surface area is 88.3 Å². The van der Waals surface area contributed by atoms with Gasteiger partial charge >= 0.3 is 0 Å². The molecule has 1 aliphatic heterocycles. The van der Waals surface area contributed by atoms with E-state index >= 15 is 0 Å². The van der Waals surface area contributed by atoms with Gasteiger partial charge in [-0.15, -0.1) is 0 Å². The van der Waals surface area contributed by atoms with Crippen molar-refractivity contribution in [3.63, 3.8) is 0 Å². The minimum Gasteiger partial charge on any atom is -0.351 e. The number of piperazine rings is 1. The molecule has 0 bridgehead atoms. The SMILES string of the molecule is C[C@H]1CN(c2nccnc2Cl)CCN1. The summed E-state index contributed by atoms with van der Waals surface area (Å²) >= 11 is 5.97. The molecule has 2 heterocycles. The number of aromatic nitrogens is 2. The van der Waals surface area contributed by atoms with Gasteiger partial charge in [0.2, 0.25) is 0 Å². The van der Waals surface area contributed by atoms with Gasteiger partial charge in [0.05, 0.1) is 0 Å². The maximum absolute atomic E-state index is 5.97. The van der Waals surface area contributed by atoms with Crippen molar-refractivity contribution < 1.29 is 0 Å². The first-order valence-corrected chi connectivity index (χ1v) is 5.10. The quantitative estimate of drug-likeness (QED) is 0.752. The lowest BCUT2D eigenvalue weighted by Crippen LogP contribution is -2.49. The Morgan fingerprint density at radius 2 is 2.29 bits per heavy atom. The van der Waals surface area contributed by atoms with Crippen LogP contribution in [0, 0.1) is 0 Å². The van der Waals surface area contributed by atoms with Gasteiger partial charge in [0.25, 0.3) is 0 Å². The van der Waals surface area contributed by atoms with Crippen molar-refractivity contribution in [1.29, 1.82) is 0 Å². The first kappa shape index (κ1) is 9.68. The van der Waals surface area contributed by atoms with Crippen molar-refractivity contribution in [2.45, 2.75) is 13.0 Å². The Balaban J connectivity index is 2.18. The van der Waals surface area contributed by atoms with E-state index in [0.717, 1.165) is 25.5 Å². The molecule has 5 heteroatoms. The fourth-order valence-corrected chi connectivity index (χ4v) is 1.88. The van der Waals surface area contributed by atoms with Crippen molar-refractivity contribution in [3.05, 3.63) is 17.5 Å². The average molecular weight is 213 g/mol. The van der Waals surface area contributed by atoms with Gasteiger partial charge in [-0.1, -0.05) is 11.6 Å². The van der Waals surface area contributed by atoms with Gasteiger partial charge in [-0.2, -0.15) is 0 Å². The number of hydrogen-bond acceptors (Lipinski definition) is 4. The molecule has 1 fully saturated rings. The van der Waals surface area contributed by atoms with Crippen LogP contribution in [0.3, 0.4) is 0 Å². The summed E-state index contributed by atoms with van der Waals surface area (Å²) in [6.45, 7) is 4.98. The summed E-state index contributed by atoms with van der Waals surface area (Å²) in [6, 6.07) is 0.474. The molecule has 1 aliphatic rings. The van der Waals surface area contributed by atoms with E-state index in [9.17, 15) is 0 Å². The summed E-state index contributed by atoms with van der Waals surface area (Å²) in [7, 11) is 0. The van der Waals surface area contributed by atoms with Gasteiger partial charge < -0.3 is 10.2 Å². The van der Waals surface area contributed by atoms with E-state index < -0.39 is 0 Å². The van der Waals surface area contributed by atoms with Crippen LogP contribution in [0.1, 0.15) is 6.92 Å². The zero-order chi connectivity index (χ0) is 9.97. The smallest absolute Gasteiger partial charge is 0.171 e. The Morgan fingerprint density at radius 3 is 3.00 bits per heavy atom. The molecule has 0 radical (unpaired) electrons. The highest BCUT2D eigenvalue weighted by atomic mass is 35.5. The van der Waals surface area contributed by atoms with E-state index in [0.29, 0.717) is 11.2 Å². The van der Waals surface area contributed by atoms with Crippen molar-refractivity contribution in [1.82, 2.24) is 15.3 Å². The summed E-state index contributed by atoms with van der Waals surface area (Å²) in [6.07, 6.45) is 3.28. The summed E-state index contributed by atoms with van der Waals surface area (Å²) < 4.78 is 0. The predicted molar refractivity (Wildman–Crippen MR) is 56.7 cm³/mol. The molecule has 1 aromatic heterocycles. The van der Waals surface area contributed by atoms with Gasteiger partial charge in [-0.3, -0.25) is 0 Å². The number of anilines is 1. The van der Waals surface area contributed by atoms with Crippen molar-refractivity contribution in [2.75, 3.05) is 24.5 Å². The zero-order valence-corrected chi connectivity index (χ0v) is 8.83. The van der Waals surface area contributed by atoms with E-state index in [1.165, 1.54) is 0 Å². The highest BCUT2D eigenvalue weighted by molar-refractivity contribution is 6.31. The molecule has 1 aromatic rings. The molecule has 4 nitrogen and oxygen atoms in total. The first-order chi connectivity index (χ1) is 6.77. The molecular weight excluding hydrogens is 200 g/mol. The van der Waals surface area contributed by atoms with Crippen LogP contribution in [0.2, 0.25) is 5.15 Å². The summed E-state index contributed by atoms with van der Waals surface area (Å²) in [4.78, 5) is 10.4. The Morgan fingerprint density at radius 1 is 1.50 bits per heavy atom. The predicted octanol–water partition coefficient (Wildman–Crippen LogP) is 0.928. The second kappa shape index (κ2) is 4.11. The number of rotatable bonds is 1. The van der Waals surface area contributed by atoms with Crippen molar-refractivity contribution >= 4 is 17.4 Å². The molecule has 0 amide bonds.